The predicted molar refractivity (Wildman–Crippen MR) is 86.4 cm³/mol. The number of hydroxylamine groups is 1. The highest BCUT2D eigenvalue weighted by Gasteiger charge is 2.11. The van der Waals surface area contributed by atoms with E-state index in [2.05, 4.69) is 15.4 Å². The molecule has 0 atom stereocenters. The first-order valence-corrected chi connectivity index (χ1v) is 8.01. The number of piperidine rings is 1. The second kappa shape index (κ2) is 7.42. The van der Waals surface area contributed by atoms with Crippen molar-refractivity contribution in [2.24, 2.45) is 0 Å². The number of H-pyrrole nitrogens is 1. The lowest BCUT2D eigenvalue weighted by molar-refractivity contribution is -0.133. The van der Waals surface area contributed by atoms with Crippen LogP contribution < -0.4 is 5.48 Å². The third kappa shape index (κ3) is 3.87. The fraction of sp³-hybridized carbons (Fsp3) is 0.471. The summed E-state index contributed by atoms with van der Waals surface area (Å²) >= 11 is 0. The lowest BCUT2D eigenvalue weighted by atomic mass is 10.1. The molecule has 0 saturated carbocycles. The zero-order valence-electron chi connectivity index (χ0n) is 12.8. The van der Waals surface area contributed by atoms with E-state index >= 15 is 0 Å². The molecule has 2 aromatic rings. The van der Waals surface area contributed by atoms with Crippen molar-refractivity contribution in [3.8, 4) is 0 Å². The van der Waals surface area contributed by atoms with Crippen LogP contribution in [-0.2, 0) is 16.1 Å². The Morgan fingerprint density at radius 2 is 2.05 bits per heavy atom. The molecule has 1 amide bonds. The number of carbonyl (C=O) groups is 1. The van der Waals surface area contributed by atoms with Crippen LogP contribution in [0.15, 0.2) is 30.5 Å². The number of aromatic nitrogens is 1. The number of benzene rings is 1. The van der Waals surface area contributed by atoms with Gasteiger partial charge in [-0.15, -0.1) is 0 Å². The van der Waals surface area contributed by atoms with Gasteiger partial charge in [0.05, 0.1) is 13.0 Å². The van der Waals surface area contributed by atoms with E-state index in [-0.39, 0.29) is 5.91 Å². The first-order chi connectivity index (χ1) is 10.8. The molecule has 1 aliphatic rings. The quantitative estimate of drug-likeness (QED) is 0.635. The molecule has 0 aliphatic carbocycles. The number of likely N-dealkylation sites (tertiary alicyclic amines) is 1. The number of para-hydroxylation sites is 1. The molecule has 1 aromatic heterocycles. The molecular formula is C17H23N3O2. The normalized spacial score (nSPS) is 16.0. The van der Waals surface area contributed by atoms with Crippen LogP contribution in [0.25, 0.3) is 10.9 Å². The van der Waals surface area contributed by atoms with E-state index in [0.29, 0.717) is 13.0 Å². The number of fused-ring (bicyclic) bond motifs is 1. The van der Waals surface area contributed by atoms with Crippen LogP contribution in [0.3, 0.4) is 0 Å². The van der Waals surface area contributed by atoms with Crippen molar-refractivity contribution in [3.05, 3.63) is 36.0 Å². The third-order valence-electron chi connectivity index (χ3n) is 4.17. The molecule has 5 nitrogen and oxygen atoms in total. The van der Waals surface area contributed by atoms with Gasteiger partial charge in [0.1, 0.15) is 0 Å². The summed E-state index contributed by atoms with van der Waals surface area (Å²) in [5.41, 5.74) is 4.59. The molecule has 1 fully saturated rings. The molecule has 1 aromatic carbocycles. The molecule has 2 N–H and O–H groups in total. The molecule has 22 heavy (non-hydrogen) atoms. The Kier molecular flexibility index (Phi) is 5.08. The van der Waals surface area contributed by atoms with Crippen molar-refractivity contribution >= 4 is 16.8 Å². The van der Waals surface area contributed by atoms with Crippen molar-refractivity contribution in [3.63, 3.8) is 0 Å². The topological polar surface area (TPSA) is 57.4 Å². The summed E-state index contributed by atoms with van der Waals surface area (Å²) in [6.07, 6.45) is 6.09. The van der Waals surface area contributed by atoms with E-state index in [0.717, 1.165) is 36.1 Å². The molecule has 1 aliphatic heterocycles. The zero-order chi connectivity index (χ0) is 15.2. The number of amides is 1. The molecule has 1 saturated heterocycles. The van der Waals surface area contributed by atoms with Crippen LogP contribution in [0, 0.1) is 0 Å². The van der Waals surface area contributed by atoms with E-state index in [1.807, 2.05) is 30.5 Å². The van der Waals surface area contributed by atoms with E-state index in [1.165, 1.54) is 19.3 Å². The van der Waals surface area contributed by atoms with Gasteiger partial charge in [0.2, 0.25) is 5.91 Å². The maximum absolute atomic E-state index is 11.9. The fourth-order valence-corrected chi connectivity index (χ4v) is 2.98. The summed E-state index contributed by atoms with van der Waals surface area (Å²) < 4.78 is 0. The number of hydrogen-bond acceptors (Lipinski definition) is 3. The van der Waals surface area contributed by atoms with Crippen molar-refractivity contribution in [1.29, 1.82) is 0 Å². The van der Waals surface area contributed by atoms with Crippen LogP contribution in [0.5, 0.6) is 0 Å². The summed E-state index contributed by atoms with van der Waals surface area (Å²) in [5.74, 6) is -0.108. The summed E-state index contributed by atoms with van der Waals surface area (Å²) in [7, 11) is 0. The van der Waals surface area contributed by atoms with E-state index < -0.39 is 0 Å². The number of carbonyl (C=O) groups excluding carboxylic acids is 1. The van der Waals surface area contributed by atoms with E-state index in [1.54, 1.807) is 0 Å². The van der Waals surface area contributed by atoms with Crippen LogP contribution in [0.1, 0.15) is 24.8 Å². The fourth-order valence-electron chi connectivity index (χ4n) is 2.98. The Morgan fingerprint density at radius 3 is 2.91 bits per heavy atom. The second-order valence-electron chi connectivity index (χ2n) is 5.81. The largest absolute Gasteiger partial charge is 0.361 e. The lowest BCUT2D eigenvalue weighted by Gasteiger charge is -2.25. The summed E-state index contributed by atoms with van der Waals surface area (Å²) in [6, 6.07) is 7.98. The van der Waals surface area contributed by atoms with Gasteiger partial charge in [-0.2, -0.15) is 0 Å². The third-order valence-corrected chi connectivity index (χ3v) is 4.17. The number of hydrogen-bond donors (Lipinski definition) is 2. The van der Waals surface area contributed by atoms with Crippen molar-refractivity contribution < 1.29 is 9.63 Å². The maximum Gasteiger partial charge on any atom is 0.248 e. The standard InChI is InChI=1S/C17H23N3O2/c21-17(19-22-11-10-20-8-4-1-5-9-20)12-14-13-18-16-7-3-2-6-15(14)16/h2-3,6-7,13,18H,1,4-5,8-12H2,(H,19,21). The van der Waals surface area contributed by atoms with Gasteiger partial charge in [0.25, 0.3) is 0 Å². The van der Waals surface area contributed by atoms with Crippen LogP contribution in [0.4, 0.5) is 0 Å². The Bertz CT molecular complexity index is 617. The molecule has 0 bridgehead atoms. The minimum Gasteiger partial charge on any atom is -0.361 e. The zero-order valence-corrected chi connectivity index (χ0v) is 12.8. The molecule has 3 rings (SSSR count). The van der Waals surface area contributed by atoms with Crippen LogP contribution in [-0.4, -0.2) is 42.0 Å². The molecular weight excluding hydrogens is 278 g/mol. The van der Waals surface area contributed by atoms with Crippen molar-refractivity contribution in [2.75, 3.05) is 26.2 Å². The number of rotatable bonds is 6. The van der Waals surface area contributed by atoms with Gasteiger partial charge in [-0.3, -0.25) is 9.63 Å². The molecule has 2 heterocycles. The van der Waals surface area contributed by atoms with Gasteiger partial charge in [-0.1, -0.05) is 24.6 Å². The SMILES string of the molecule is O=C(Cc1c[nH]c2ccccc12)NOCCN1CCCCC1. The number of nitrogens with one attached hydrogen (secondary N) is 2. The average molecular weight is 301 g/mol. The highest BCUT2D eigenvalue weighted by Crippen LogP contribution is 2.17. The second-order valence-corrected chi connectivity index (χ2v) is 5.81. The molecule has 5 heteroatoms. The minimum atomic E-state index is -0.108. The number of nitrogens with zero attached hydrogens (tertiary/aromatic N) is 1. The maximum atomic E-state index is 11.9. The van der Waals surface area contributed by atoms with E-state index in [4.69, 9.17) is 4.84 Å². The lowest BCUT2D eigenvalue weighted by Crippen LogP contribution is -2.35. The van der Waals surface area contributed by atoms with Crippen LogP contribution in [0.2, 0.25) is 0 Å². The Balaban J connectivity index is 1.41. The smallest absolute Gasteiger partial charge is 0.248 e. The summed E-state index contributed by atoms with van der Waals surface area (Å²) in [6.45, 7) is 3.71. The van der Waals surface area contributed by atoms with Gasteiger partial charge in [0, 0.05) is 23.6 Å². The van der Waals surface area contributed by atoms with Gasteiger partial charge in [0.15, 0.2) is 0 Å². The van der Waals surface area contributed by atoms with Crippen molar-refractivity contribution in [1.82, 2.24) is 15.4 Å². The first kappa shape index (κ1) is 15.1. The Morgan fingerprint density at radius 1 is 1.23 bits per heavy atom. The van der Waals surface area contributed by atoms with E-state index in [9.17, 15) is 4.79 Å². The monoisotopic (exact) mass is 301 g/mol. The summed E-state index contributed by atoms with van der Waals surface area (Å²) in [5, 5.41) is 1.09. The highest BCUT2D eigenvalue weighted by molar-refractivity contribution is 5.88. The molecule has 118 valence electrons. The van der Waals surface area contributed by atoms with Gasteiger partial charge in [-0.05, 0) is 37.6 Å². The number of aromatic amines is 1. The first-order valence-electron chi connectivity index (χ1n) is 8.01. The van der Waals surface area contributed by atoms with Crippen molar-refractivity contribution in [2.45, 2.75) is 25.7 Å². The highest BCUT2D eigenvalue weighted by atomic mass is 16.6. The van der Waals surface area contributed by atoms with Gasteiger partial charge < -0.3 is 9.88 Å². The molecule has 0 radical (unpaired) electrons. The van der Waals surface area contributed by atoms with Gasteiger partial charge in [-0.25, -0.2) is 5.48 Å². The molecule has 0 spiro atoms. The predicted octanol–water partition coefficient (Wildman–Crippen LogP) is 2.24. The summed E-state index contributed by atoms with van der Waals surface area (Å²) in [4.78, 5) is 22.8. The molecule has 0 unspecified atom stereocenters. The average Bonchev–Trinajstić information content (AvgIpc) is 2.96. The Hall–Kier alpha value is -1.85. The minimum absolute atomic E-state index is 0.108. The van der Waals surface area contributed by atoms with Gasteiger partial charge >= 0.3 is 0 Å². The Labute approximate surface area is 130 Å². The van der Waals surface area contributed by atoms with Crippen LogP contribution >= 0.6 is 0 Å².